The van der Waals surface area contributed by atoms with Crippen molar-refractivity contribution in [3.05, 3.63) is 35.9 Å². The molecule has 12 nitrogen and oxygen atoms in total. The van der Waals surface area contributed by atoms with Gasteiger partial charge in [-0.2, -0.15) is 0 Å². The van der Waals surface area contributed by atoms with E-state index in [1.54, 1.807) is 0 Å². The maximum atomic E-state index is 12.8. The van der Waals surface area contributed by atoms with Gasteiger partial charge in [0.1, 0.15) is 24.1 Å². The van der Waals surface area contributed by atoms with Crippen LogP contribution in [0.1, 0.15) is 26.3 Å². The van der Waals surface area contributed by atoms with E-state index in [1.165, 1.54) is 32.8 Å². The van der Waals surface area contributed by atoms with Crippen LogP contribution in [-0.2, 0) is 49.4 Å². The Morgan fingerprint density at radius 1 is 1.00 bits per heavy atom. The molecule has 2 heterocycles. The molecule has 1 aromatic rings. The van der Waals surface area contributed by atoms with Gasteiger partial charge < -0.3 is 23.7 Å². The Hall–Kier alpha value is -3.32. The van der Waals surface area contributed by atoms with Gasteiger partial charge in [-0.3, -0.25) is 29.4 Å². The van der Waals surface area contributed by atoms with Crippen LogP contribution in [-0.4, -0.2) is 90.1 Å². The van der Waals surface area contributed by atoms with Crippen molar-refractivity contribution >= 4 is 41.7 Å². The number of hydrogen-bond acceptors (Lipinski definition) is 12. The molecule has 6 atom stereocenters. The summed E-state index contributed by atoms with van der Waals surface area (Å²) in [4.78, 5) is 62.4. The quantitative estimate of drug-likeness (QED) is 0.335. The van der Waals surface area contributed by atoms with Gasteiger partial charge in [0.15, 0.2) is 18.3 Å². The second-order valence-corrected chi connectivity index (χ2v) is 9.59. The molecule has 1 N–H and O–H groups in total. The second-order valence-electron chi connectivity index (χ2n) is 8.44. The normalized spacial score (nSPS) is 25.4. The van der Waals surface area contributed by atoms with Crippen molar-refractivity contribution in [2.24, 2.45) is 0 Å². The lowest BCUT2D eigenvalue weighted by molar-refractivity contribution is -0.200. The summed E-state index contributed by atoms with van der Waals surface area (Å²) in [6.07, 6.45) is -4.29. The van der Waals surface area contributed by atoms with E-state index in [9.17, 15) is 24.0 Å². The molecule has 2 saturated heterocycles. The topological polar surface area (TPSA) is 147 Å². The fourth-order valence-electron chi connectivity index (χ4n) is 4.26. The zero-order chi connectivity index (χ0) is 27.1. The molecule has 2 fully saturated rings. The number of nitrogens with zero attached hydrogens (tertiary/aromatic N) is 1. The molecule has 0 unspecified atom stereocenters. The molecule has 202 valence electrons. The van der Waals surface area contributed by atoms with Crippen LogP contribution < -0.4 is 5.32 Å². The number of methoxy groups -OCH3 is 1. The zero-order valence-electron chi connectivity index (χ0n) is 20.9. The molecule has 2 aliphatic heterocycles. The van der Waals surface area contributed by atoms with E-state index in [0.29, 0.717) is 6.54 Å². The lowest BCUT2D eigenvalue weighted by atomic mass is 9.94. The van der Waals surface area contributed by atoms with E-state index in [0.717, 1.165) is 17.3 Å². The summed E-state index contributed by atoms with van der Waals surface area (Å²) in [5, 5.41) is 2.21. The number of carbonyl (C=O) groups excluding carboxylic acids is 5. The number of carbonyl (C=O) groups is 5. The molecular formula is C24H30N2O10S. The number of hydrogen-bond donors (Lipinski definition) is 1. The summed E-state index contributed by atoms with van der Waals surface area (Å²) in [5.74, 6) is -2.50. The van der Waals surface area contributed by atoms with Crippen LogP contribution >= 0.6 is 11.8 Å². The minimum Gasteiger partial charge on any atom is -0.468 e. The highest BCUT2D eigenvalue weighted by atomic mass is 32.2. The Morgan fingerprint density at radius 3 is 2.19 bits per heavy atom. The van der Waals surface area contributed by atoms with Crippen LogP contribution in [0.5, 0.6) is 0 Å². The van der Waals surface area contributed by atoms with Gasteiger partial charge in [0.2, 0.25) is 0 Å². The lowest BCUT2D eigenvalue weighted by Gasteiger charge is -2.47. The first-order chi connectivity index (χ1) is 17.6. The molecule has 1 aromatic carbocycles. The number of nitrogens with one attached hydrogen (secondary N) is 1. The molecule has 2 aliphatic rings. The van der Waals surface area contributed by atoms with Crippen LogP contribution in [0.3, 0.4) is 0 Å². The highest BCUT2D eigenvalue weighted by molar-refractivity contribution is 8.00. The van der Waals surface area contributed by atoms with Gasteiger partial charge in [0.25, 0.3) is 0 Å². The average Bonchev–Trinajstić information content (AvgIpc) is 3.23. The van der Waals surface area contributed by atoms with E-state index < -0.39 is 65.7 Å². The van der Waals surface area contributed by atoms with E-state index in [-0.39, 0.29) is 12.4 Å². The number of benzene rings is 1. The predicted molar refractivity (Wildman–Crippen MR) is 129 cm³/mol. The molecule has 0 bridgehead atoms. The Balaban J connectivity index is 1.89. The van der Waals surface area contributed by atoms with Crippen molar-refractivity contribution in [3.63, 3.8) is 0 Å². The van der Waals surface area contributed by atoms with Crippen LogP contribution in [0.4, 0.5) is 4.79 Å². The summed E-state index contributed by atoms with van der Waals surface area (Å²) in [7, 11) is 1.26. The van der Waals surface area contributed by atoms with Gasteiger partial charge >= 0.3 is 30.0 Å². The highest BCUT2D eigenvalue weighted by Crippen LogP contribution is 2.39. The third-order valence-corrected chi connectivity index (χ3v) is 7.11. The van der Waals surface area contributed by atoms with Crippen LogP contribution in [0.15, 0.2) is 30.3 Å². The number of rotatable bonds is 10. The number of piperidine rings is 1. The third kappa shape index (κ3) is 7.13. The molecule has 0 aliphatic carbocycles. The minimum atomic E-state index is -1.22. The Kier molecular flexibility index (Phi) is 9.75. The third-order valence-electron chi connectivity index (χ3n) is 5.75. The summed E-state index contributed by atoms with van der Waals surface area (Å²) in [6, 6.07) is 7.83. The van der Waals surface area contributed by atoms with Crippen LogP contribution in [0.2, 0.25) is 0 Å². The van der Waals surface area contributed by atoms with E-state index in [4.69, 9.17) is 23.7 Å². The van der Waals surface area contributed by atoms with Crippen molar-refractivity contribution in [2.75, 3.05) is 19.5 Å². The fraction of sp³-hybridized carbons (Fsp3) is 0.542. The smallest absolute Gasteiger partial charge is 0.411 e. The lowest BCUT2D eigenvalue weighted by Crippen LogP contribution is -2.67. The van der Waals surface area contributed by atoms with E-state index in [2.05, 4.69) is 5.32 Å². The molecule has 13 heteroatoms. The Bertz CT molecular complexity index is 1010. The molecule has 3 rings (SSSR count). The van der Waals surface area contributed by atoms with Gasteiger partial charge in [0, 0.05) is 33.1 Å². The highest BCUT2D eigenvalue weighted by Gasteiger charge is 2.59. The SMILES string of the molecule is COC(=O)[C@H](CS[C@H]1[C@H](OC(C)=O)[C@@H](OC(C)=O)[C@H](OC(C)=O)[C@H]2COC(=O)N21)NCc1ccccc1. The number of fused-ring (bicyclic) bond motifs is 1. The molecule has 0 spiro atoms. The molecule has 0 aromatic heterocycles. The molecule has 37 heavy (non-hydrogen) atoms. The van der Waals surface area contributed by atoms with Gasteiger partial charge in [-0.15, -0.1) is 11.8 Å². The van der Waals surface area contributed by atoms with Crippen molar-refractivity contribution < 1.29 is 47.7 Å². The predicted octanol–water partition coefficient (Wildman–Crippen LogP) is 1.01. The number of ether oxygens (including phenoxy) is 5. The first-order valence-corrected chi connectivity index (χ1v) is 12.6. The minimum absolute atomic E-state index is 0.101. The number of amides is 1. The summed E-state index contributed by atoms with van der Waals surface area (Å²) in [5.41, 5.74) is 0.944. The maximum Gasteiger partial charge on any atom is 0.411 e. The second kappa shape index (κ2) is 12.8. The summed E-state index contributed by atoms with van der Waals surface area (Å²) in [6.45, 7) is 3.75. The van der Waals surface area contributed by atoms with E-state index >= 15 is 0 Å². The van der Waals surface area contributed by atoms with Crippen molar-refractivity contribution in [1.82, 2.24) is 10.2 Å². The Morgan fingerprint density at radius 2 is 1.59 bits per heavy atom. The van der Waals surface area contributed by atoms with Crippen LogP contribution in [0, 0.1) is 0 Å². The first-order valence-electron chi connectivity index (χ1n) is 11.6. The molecule has 0 radical (unpaired) electrons. The number of cyclic esters (lactones) is 1. The molecule has 0 saturated carbocycles. The van der Waals surface area contributed by atoms with Gasteiger partial charge in [0.05, 0.1) is 7.11 Å². The average molecular weight is 539 g/mol. The number of thioether (sulfide) groups is 1. The van der Waals surface area contributed by atoms with Crippen molar-refractivity contribution in [3.8, 4) is 0 Å². The fourth-order valence-corrected chi connectivity index (χ4v) is 5.71. The maximum absolute atomic E-state index is 12.8. The monoisotopic (exact) mass is 538 g/mol. The Labute approximate surface area is 218 Å². The molecule has 1 amide bonds. The number of esters is 4. The van der Waals surface area contributed by atoms with Crippen molar-refractivity contribution in [2.45, 2.75) is 63.1 Å². The summed E-state index contributed by atoms with van der Waals surface area (Å²) < 4.78 is 26.6. The standard InChI is InChI=1S/C24H30N2O10S/c1-13(27)34-19-18-11-33-24(31)26(18)22(21(36-15(3)29)20(19)35-14(2)28)37-12-17(23(30)32-4)25-10-16-8-6-5-7-9-16/h5-9,17-22,25H,10-12H2,1-4H3/t17-,18+,19+,20-,21+,22-/m0/s1. The van der Waals surface area contributed by atoms with Gasteiger partial charge in [-0.1, -0.05) is 30.3 Å². The van der Waals surface area contributed by atoms with Crippen LogP contribution in [0.25, 0.3) is 0 Å². The van der Waals surface area contributed by atoms with E-state index in [1.807, 2.05) is 30.3 Å². The largest absolute Gasteiger partial charge is 0.468 e. The van der Waals surface area contributed by atoms with Gasteiger partial charge in [-0.25, -0.2) is 4.79 Å². The van der Waals surface area contributed by atoms with Crippen molar-refractivity contribution in [1.29, 1.82) is 0 Å². The zero-order valence-corrected chi connectivity index (χ0v) is 21.7. The van der Waals surface area contributed by atoms with Gasteiger partial charge in [-0.05, 0) is 5.56 Å². The molecular weight excluding hydrogens is 508 g/mol. The summed E-state index contributed by atoms with van der Waals surface area (Å²) >= 11 is 1.12. The first kappa shape index (κ1) is 28.3.